The van der Waals surface area contributed by atoms with E-state index in [1.807, 2.05) is 12.1 Å². The largest absolute Gasteiger partial charge is 0.434 e. The van der Waals surface area contributed by atoms with Gasteiger partial charge in [-0.05, 0) is 17.7 Å². The summed E-state index contributed by atoms with van der Waals surface area (Å²) in [7, 11) is 0. The Morgan fingerprint density at radius 3 is 2.68 bits per heavy atom. The minimum atomic E-state index is -2.81. The maximum absolute atomic E-state index is 12.2. The summed E-state index contributed by atoms with van der Waals surface area (Å²) >= 11 is 0. The Morgan fingerprint density at radius 2 is 1.95 bits per heavy atom. The highest BCUT2D eigenvalue weighted by Crippen LogP contribution is 2.19. The Balaban J connectivity index is 1.92. The van der Waals surface area contributed by atoms with E-state index in [0.717, 1.165) is 5.56 Å². The summed E-state index contributed by atoms with van der Waals surface area (Å²) in [6.07, 6.45) is 3.46. The summed E-state index contributed by atoms with van der Waals surface area (Å²) in [6, 6.07) is 10.6. The zero-order chi connectivity index (χ0) is 13.5. The third-order valence-corrected chi connectivity index (χ3v) is 2.56. The van der Waals surface area contributed by atoms with Crippen molar-refractivity contribution in [2.24, 2.45) is 0 Å². The first-order valence-electron chi connectivity index (χ1n) is 5.88. The molecule has 5 heteroatoms. The molecule has 0 radical (unpaired) electrons. The van der Waals surface area contributed by atoms with Crippen LogP contribution < -0.4 is 10.1 Å². The van der Waals surface area contributed by atoms with E-state index in [2.05, 4.69) is 15.0 Å². The molecule has 0 bridgehead atoms. The van der Waals surface area contributed by atoms with Crippen molar-refractivity contribution in [3.05, 3.63) is 59.9 Å². The average Bonchev–Trinajstić information content (AvgIpc) is 2.41. The van der Waals surface area contributed by atoms with Crippen LogP contribution in [0.1, 0.15) is 11.1 Å². The van der Waals surface area contributed by atoms with Crippen LogP contribution in [0.3, 0.4) is 0 Å². The molecule has 2 aromatic rings. The van der Waals surface area contributed by atoms with Gasteiger partial charge in [0.15, 0.2) is 0 Å². The van der Waals surface area contributed by atoms with Crippen LogP contribution in [-0.4, -0.2) is 11.6 Å². The number of hydrogen-bond donors (Lipinski definition) is 1. The fourth-order valence-electron chi connectivity index (χ4n) is 1.71. The summed E-state index contributed by atoms with van der Waals surface area (Å²) in [6.45, 7) is -1.73. The highest BCUT2D eigenvalue weighted by Gasteiger charge is 2.08. The molecular weight excluding hydrogens is 250 g/mol. The van der Waals surface area contributed by atoms with Crippen LogP contribution in [0.15, 0.2) is 48.8 Å². The zero-order valence-corrected chi connectivity index (χ0v) is 10.2. The summed E-state index contributed by atoms with van der Waals surface area (Å²) in [4.78, 5) is 4.00. The summed E-state index contributed by atoms with van der Waals surface area (Å²) < 4.78 is 28.9. The lowest BCUT2D eigenvalue weighted by atomic mass is 10.2. The zero-order valence-electron chi connectivity index (χ0n) is 10.2. The van der Waals surface area contributed by atoms with Crippen LogP contribution in [0, 0.1) is 0 Å². The third-order valence-electron chi connectivity index (χ3n) is 2.56. The van der Waals surface area contributed by atoms with Crippen molar-refractivity contribution in [3.63, 3.8) is 0 Å². The van der Waals surface area contributed by atoms with Gasteiger partial charge in [-0.15, -0.1) is 0 Å². The maximum atomic E-state index is 12.2. The SMILES string of the molecule is FC(F)Oc1ccccc1CNCc1cccnc1. The molecule has 1 heterocycles. The van der Waals surface area contributed by atoms with Gasteiger partial charge in [0, 0.05) is 31.0 Å². The number of nitrogens with one attached hydrogen (secondary N) is 1. The van der Waals surface area contributed by atoms with E-state index < -0.39 is 6.61 Å². The van der Waals surface area contributed by atoms with Crippen molar-refractivity contribution in [2.75, 3.05) is 0 Å². The van der Waals surface area contributed by atoms with Crippen molar-refractivity contribution in [1.29, 1.82) is 0 Å². The van der Waals surface area contributed by atoms with Crippen molar-refractivity contribution in [2.45, 2.75) is 19.7 Å². The number of nitrogens with zero attached hydrogens (tertiary/aromatic N) is 1. The minimum Gasteiger partial charge on any atom is -0.434 e. The first kappa shape index (κ1) is 13.4. The van der Waals surface area contributed by atoms with Gasteiger partial charge in [-0.2, -0.15) is 8.78 Å². The van der Waals surface area contributed by atoms with Crippen molar-refractivity contribution < 1.29 is 13.5 Å². The molecule has 100 valence electrons. The van der Waals surface area contributed by atoms with E-state index in [4.69, 9.17) is 0 Å². The second kappa shape index (κ2) is 6.80. The molecule has 0 fully saturated rings. The monoisotopic (exact) mass is 264 g/mol. The smallest absolute Gasteiger partial charge is 0.387 e. The third kappa shape index (κ3) is 4.30. The van der Waals surface area contributed by atoms with Crippen molar-refractivity contribution >= 4 is 0 Å². The topological polar surface area (TPSA) is 34.1 Å². The van der Waals surface area contributed by atoms with Gasteiger partial charge in [0.1, 0.15) is 5.75 Å². The van der Waals surface area contributed by atoms with Crippen LogP contribution in [0.2, 0.25) is 0 Å². The lowest BCUT2D eigenvalue weighted by Crippen LogP contribution is -2.14. The predicted octanol–water partition coefficient (Wildman–Crippen LogP) is 2.97. The number of pyridine rings is 1. The van der Waals surface area contributed by atoms with Gasteiger partial charge in [-0.3, -0.25) is 4.98 Å². The first-order chi connectivity index (χ1) is 9.25. The second-order valence-electron chi connectivity index (χ2n) is 3.95. The van der Waals surface area contributed by atoms with Crippen LogP contribution in [0.25, 0.3) is 0 Å². The quantitative estimate of drug-likeness (QED) is 0.871. The molecule has 0 atom stereocenters. The van der Waals surface area contributed by atoms with E-state index in [0.29, 0.717) is 18.7 Å². The van der Waals surface area contributed by atoms with E-state index in [-0.39, 0.29) is 5.75 Å². The van der Waals surface area contributed by atoms with Gasteiger partial charge in [-0.1, -0.05) is 24.3 Å². The minimum absolute atomic E-state index is 0.205. The molecule has 0 spiro atoms. The van der Waals surface area contributed by atoms with Gasteiger partial charge in [0.25, 0.3) is 0 Å². The molecule has 0 aliphatic heterocycles. The lowest BCUT2D eigenvalue weighted by Gasteiger charge is -2.11. The Labute approximate surface area is 110 Å². The highest BCUT2D eigenvalue weighted by molar-refractivity contribution is 5.33. The molecule has 0 saturated carbocycles. The summed E-state index contributed by atoms with van der Waals surface area (Å²) in [5, 5.41) is 3.17. The standard InChI is InChI=1S/C14H14F2N2O/c15-14(16)19-13-6-2-1-5-12(13)10-18-9-11-4-3-7-17-8-11/h1-8,14,18H,9-10H2. The van der Waals surface area contributed by atoms with Crippen LogP contribution in [0.5, 0.6) is 5.75 Å². The fraction of sp³-hybridized carbons (Fsp3) is 0.214. The number of hydrogen-bond acceptors (Lipinski definition) is 3. The molecule has 0 aliphatic carbocycles. The number of para-hydroxylation sites is 1. The Morgan fingerprint density at radius 1 is 1.11 bits per heavy atom. The van der Waals surface area contributed by atoms with Crippen LogP contribution in [-0.2, 0) is 13.1 Å². The molecule has 1 aromatic carbocycles. The second-order valence-corrected chi connectivity index (χ2v) is 3.95. The van der Waals surface area contributed by atoms with Crippen LogP contribution in [0.4, 0.5) is 8.78 Å². The molecule has 0 saturated heterocycles. The molecule has 0 aliphatic rings. The average molecular weight is 264 g/mol. The molecule has 0 amide bonds. The molecule has 19 heavy (non-hydrogen) atoms. The Bertz CT molecular complexity index is 506. The fourth-order valence-corrected chi connectivity index (χ4v) is 1.71. The van der Waals surface area contributed by atoms with Gasteiger partial charge in [0.05, 0.1) is 0 Å². The molecule has 1 aromatic heterocycles. The molecule has 3 nitrogen and oxygen atoms in total. The highest BCUT2D eigenvalue weighted by atomic mass is 19.3. The van der Waals surface area contributed by atoms with Crippen molar-refractivity contribution in [1.82, 2.24) is 10.3 Å². The van der Waals surface area contributed by atoms with Gasteiger partial charge < -0.3 is 10.1 Å². The first-order valence-corrected chi connectivity index (χ1v) is 5.88. The van der Waals surface area contributed by atoms with Gasteiger partial charge >= 0.3 is 6.61 Å². The van der Waals surface area contributed by atoms with E-state index >= 15 is 0 Å². The van der Waals surface area contributed by atoms with E-state index in [1.165, 1.54) is 6.07 Å². The number of ether oxygens (including phenoxy) is 1. The predicted molar refractivity (Wildman–Crippen MR) is 67.9 cm³/mol. The Hall–Kier alpha value is -2.01. The Kier molecular flexibility index (Phi) is 4.80. The number of aromatic nitrogens is 1. The molecule has 2 rings (SSSR count). The maximum Gasteiger partial charge on any atom is 0.387 e. The molecule has 0 unspecified atom stereocenters. The number of benzene rings is 1. The van der Waals surface area contributed by atoms with E-state index in [9.17, 15) is 8.78 Å². The number of rotatable bonds is 6. The van der Waals surface area contributed by atoms with Gasteiger partial charge in [-0.25, -0.2) is 0 Å². The molecule has 1 N–H and O–H groups in total. The van der Waals surface area contributed by atoms with Crippen molar-refractivity contribution in [3.8, 4) is 5.75 Å². The molecular formula is C14H14F2N2O. The number of halogens is 2. The number of alkyl halides is 2. The van der Waals surface area contributed by atoms with E-state index in [1.54, 1.807) is 30.6 Å². The van der Waals surface area contributed by atoms with Gasteiger partial charge in [0.2, 0.25) is 0 Å². The lowest BCUT2D eigenvalue weighted by molar-refractivity contribution is -0.0505. The summed E-state index contributed by atoms with van der Waals surface area (Å²) in [5.74, 6) is 0.205. The van der Waals surface area contributed by atoms with Crippen LogP contribution >= 0.6 is 0 Å². The summed E-state index contributed by atoms with van der Waals surface area (Å²) in [5.41, 5.74) is 1.74. The normalized spacial score (nSPS) is 10.7.